The van der Waals surface area contributed by atoms with Gasteiger partial charge in [-0.2, -0.15) is 0 Å². The number of hydrogen-bond acceptors (Lipinski definition) is 4. The number of hydrogen-bond donors (Lipinski definition) is 2. The van der Waals surface area contributed by atoms with Gasteiger partial charge in [-0.25, -0.2) is 18.7 Å². The molecule has 5 rings (SSSR count). The summed E-state index contributed by atoms with van der Waals surface area (Å²) in [7, 11) is 0. The molecule has 2 saturated carbocycles. The lowest BCUT2D eigenvalue weighted by Crippen LogP contribution is -2.49. The number of H-pyrrole nitrogens is 1. The second-order valence-electron chi connectivity index (χ2n) is 9.23. The highest BCUT2D eigenvalue weighted by Gasteiger charge is 2.72. The molecule has 2 aliphatic carbocycles. The highest BCUT2D eigenvalue weighted by Crippen LogP contribution is 2.71. The zero-order chi connectivity index (χ0) is 20.4. The summed E-state index contributed by atoms with van der Waals surface area (Å²) in [6, 6.07) is 0.354. The number of aromatic amines is 1. The summed E-state index contributed by atoms with van der Waals surface area (Å²) in [5.41, 5.74) is 0.982. The SMILES string of the molecule is CC(=O)N1C[C@H](Nc2ncnc3[nH]cc([C@H]4CC[C@]5(C4)CC5(F)F)c23)CC[C@@H]1C. The zero-order valence-electron chi connectivity index (χ0n) is 16.8. The van der Waals surface area contributed by atoms with Gasteiger partial charge in [0, 0.05) is 43.6 Å². The lowest BCUT2D eigenvalue weighted by Gasteiger charge is -2.38. The fourth-order valence-corrected chi connectivity index (χ4v) is 5.54. The zero-order valence-corrected chi connectivity index (χ0v) is 16.8. The molecule has 3 aliphatic rings. The molecule has 0 aromatic carbocycles. The third kappa shape index (κ3) is 2.99. The van der Waals surface area contributed by atoms with E-state index in [1.54, 1.807) is 6.92 Å². The van der Waals surface area contributed by atoms with Gasteiger partial charge in [-0.3, -0.25) is 4.79 Å². The summed E-state index contributed by atoms with van der Waals surface area (Å²) in [5.74, 6) is -1.58. The number of carbonyl (C=O) groups excluding carboxylic acids is 1. The lowest BCUT2D eigenvalue weighted by atomic mass is 9.95. The Kier molecular flexibility index (Phi) is 4.12. The molecule has 3 fully saturated rings. The highest BCUT2D eigenvalue weighted by atomic mass is 19.3. The first kappa shape index (κ1) is 18.8. The molecular weight excluding hydrogens is 376 g/mol. The number of carbonyl (C=O) groups is 1. The maximum atomic E-state index is 13.9. The maximum Gasteiger partial charge on any atom is 0.254 e. The van der Waals surface area contributed by atoms with Crippen LogP contribution in [0.25, 0.3) is 11.0 Å². The second kappa shape index (κ2) is 6.37. The van der Waals surface area contributed by atoms with Crippen molar-refractivity contribution in [1.29, 1.82) is 0 Å². The van der Waals surface area contributed by atoms with Gasteiger partial charge in [0.05, 0.1) is 5.39 Å². The van der Waals surface area contributed by atoms with Gasteiger partial charge in [0.15, 0.2) is 0 Å². The van der Waals surface area contributed by atoms with Crippen LogP contribution in [0.2, 0.25) is 0 Å². The standard InChI is InChI=1S/C21H27F2N5O/c1-12-3-4-15(9-28(12)13(2)29)27-19-17-16(8-24-18(17)25-11-26-19)14-5-6-20(7-14)10-21(20,22)23/h8,11-12,14-15H,3-7,9-10H2,1-2H3,(H2,24,25,26,27)/t12-,14-,15+,20-/m0/s1. The Morgan fingerprint density at radius 2 is 2.10 bits per heavy atom. The van der Waals surface area contributed by atoms with Crippen LogP contribution in [-0.4, -0.2) is 50.3 Å². The van der Waals surface area contributed by atoms with Crippen LogP contribution in [0.3, 0.4) is 0 Å². The van der Waals surface area contributed by atoms with E-state index in [9.17, 15) is 13.6 Å². The van der Waals surface area contributed by atoms with Crippen LogP contribution in [0.4, 0.5) is 14.6 Å². The predicted molar refractivity (Wildman–Crippen MR) is 106 cm³/mol. The number of rotatable bonds is 3. The van der Waals surface area contributed by atoms with Crippen molar-refractivity contribution in [2.24, 2.45) is 5.41 Å². The van der Waals surface area contributed by atoms with Crippen LogP contribution in [0.1, 0.15) is 63.9 Å². The van der Waals surface area contributed by atoms with Crippen molar-refractivity contribution < 1.29 is 13.6 Å². The number of nitrogens with one attached hydrogen (secondary N) is 2. The van der Waals surface area contributed by atoms with Crippen LogP contribution in [-0.2, 0) is 4.79 Å². The van der Waals surface area contributed by atoms with Crippen LogP contribution >= 0.6 is 0 Å². The molecule has 1 aliphatic heterocycles. The number of fused-ring (bicyclic) bond motifs is 1. The van der Waals surface area contributed by atoms with E-state index >= 15 is 0 Å². The minimum Gasteiger partial charge on any atom is -0.365 e. The molecule has 6 nitrogen and oxygen atoms in total. The van der Waals surface area contributed by atoms with Crippen LogP contribution < -0.4 is 5.32 Å². The molecule has 0 radical (unpaired) electrons. The smallest absolute Gasteiger partial charge is 0.254 e. The van der Waals surface area contributed by atoms with Gasteiger partial charge in [-0.05, 0) is 50.5 Å². The summed E-state index contributed by atoms with van der Waals surface area (Å²) in [5, 5.41) is 4.43. The number of piperidine rings is 1. The van der Waals surface area contributed by atoms with Crippen molar-refractivity contribution in [1.82, 2.24) is 19.9 Å². The quantitative estimate of drug-likeness (QED) is 0.811. The van der Waals surface area contributed by atoms with E-state index in [2.05, 4.69) is 27.2 Å². The second-order valence-corrected chi connectivity index (χ2v) is 9.23. The third-order valence-electron chi connectivity index (χ3n) is 7.39. The van der Waals surface area contributed by atoms with E-state index in [0.29, 0.717) is 19.4 Å². The molecule has 1 amide bonds. The monoisotopic (exact) mass is 403 g/mol. The Morgan fingerprint density at radius 3 is 2.79 bits per heavy atom. The number of amides is 1. The van der Waals surface area contributed by atoms with Crippen molar-refractivity contribution in [3.63, 3.8) is 0 Å². The van der Waals surface area contributed by atoms with E-state index in [4.69, 9.17) is 0 Å². The first-order valence-corrected chi connectivity index (χ1v) is 10.5. The summed E-state index contributed by atoms with van der Waals surface area (Å²) >= 11 is 0. The van der Waals surface area contributed by atoms with Crippen molar-refractivity contribution >= 4 is 22.8 Å². The van der Waals surface area contributed by atoms with Crippen molar-refractivity contribution in [2.75, 3.05) is 11.9 Å². The summed E-state index contributed by atoms with van der Waals surface area (Å²) in [6.45, 7) is 4.32. The molecule has 2 aromatic heterocycles. The molecule has 1 spiro atoms. The van der Waals surface area contributed by atoms with E-state index in [0.717, 1.165) is 41.7 Å². The van der Waals surface area contributed by atoms with Crippen molar-refractivity contribution in [2.45, 2.75) is 76.3 Å². The van der Waals surface area contributed by atoms with Gasteiger partial charge in [0.25, 0.3) is 5.92 Å². The van der Waals surface area contributed by atoms with Gasteiger partial charge in [0.1, 0.15) is 17.8 Å². The molecule has 1 saturated heterocycles. The highest BCUT2D eigenvalue weighted by molar-refractivity contribution is 5.91. The number of nitrogens with zero attached hydrogens (tertiary/aromatic N) is 3. The van der Waals surface area contributed by atoms with Crippen molar-refractivity contribution in [3.05, 3.63) is 18.1 Å². The Balaban J connectivity index is 1.41. The molecule has 3 heterocycles. The lowest BCUT2D eigenvalue weighted by molar-refractivity contribution is -0.132. The molecular formula is C21H27F2N5O. The first-order chi connectivity index (χ1) is 13.8. The average Bonchev–Trinajstić information content (AvgIpc) is 3.03. The summed E-state index contributed by atoms with van der Waals surface area (Å²) < 4.78 is 27.7. The van der Waals surface area contributed by atoms with Gasteiger partial charge in [-0.1, -0.05) is 0 Å². The number of anilines is 1. The molecule has 8 heteroatoms. The Bertz CT molecular complexity index is 960. The normalized spacial score (nSPS) is 33.4. The fourth-order valence-electron chi connectivity index (χ4n) is 5.54. The molecule has 2 aromatic rings. The van der Waals surface area contributed by atoms with E-state index < -0.39 is 11.3 Å². The van der Waals surface area contributed by atoms with Gasteiger partial charge in [-0.15, -0.1) is 0 Å². The van der Waals surface area contributed by atoms with Gasteiger partial charge in [0.2, 0.25) is 5.91 Å². The van der Waals surface area contributed by atoms with E-state index in [1.165, 1.54) is 6.33 Å². The van der Waals surface area contributed by atoms with Crippen molar-refractivity contribution in [3.8, 4) is 0 Å². The van der Waals surface area contributed by atoms with Crippen LogP contribution in [0, 0.1) is 5.41 Å². The van der Waals surface area contributed by atoms with Gasteiger partial charge < -0.3 is 15.2 Å². The molecule has 0 bridgehead atoms. The summed E-state index contributed by atoms with van der Waals surface area (Å²) in [4.78, 5) is 25.9. The number of alkyl halides is 2. The van der Waals surface area contributed by atoms with Gasteiger partial charge >= 0.3 is 0 Å². The van der Waals surface area contributed by atoms with E-state index in [1.807, 2.05) is 11.1 Å². The fraction of sp³-hybridized carbons (Fsp3) is 0.667. The minimum absolute atomic E-state index is 0.0294. The molecule has 2 N–H and O–H groups in total. The number of halogens is 2. The maximum absolute atomic E-state index is 13.9. The third-order valence-corrected chi connectivity index (χ3v) is 7.39. The molecule has 0 unspecified atom stereocenters. The molecule has 156 valence electrons. The molecule has 29 heavy (non-hydrogen) atoms. The van der Waals surface area contributed by atoms with E-state index in [-0.39, 0.29) is 30.3 Å². The van der Waals surface area contributed by atoms with Crippen LogP contribution in [0.15, 0.2) is 12.5 Å². The Morgan fingerprint density at radius 1 is 1.31 bits per heavy atom. The first-order valence-electron chi connectivity index (χ1n) is 10.5. The van der Waals surface area contributed by atoms with Crippen LogP contribution in [0.5, 0.6) is 0 Å². The predicted octanol–water partition coefficient (Wildman–Crippen LogP) is 4.06. The average molecular weight is 403 g/mol. The Labute approximate surface area is 168 Å². The summed E-state index contributed by atoms with van der Waals surface area (Å²) in [6.07, 6.45) is 7.24. The minimum atomic E-state index is -2.50. The number of likely N-dealkylation sites (tertiary alicyclic amines) is 1. The molecule has 4 atom stereocenters. The topological polar surface area (TPSA) is 73.9 Å². The largest absolute Gasteiger partial charge is 0.365 e. The Hall–Kier alpha value is -2.25. The number of aromatic nitrogens is 3.